The molecule has 2 bridgehead atoms. The van der Waals surface area contributed by atoms with Crippen molar-refractivity contribution < 1.29 is 31.5 Å². The maximum absolute atomic E-state index is 14.7. The van der Waals surface area contributed by atoms with Crippen molar-refractivity contribution in [1.82, 2.24) is 10.9 Å². The van der Waals surface area contributed by atoms with E-state index < -0.39 is 40.1 Å². The Morgan fingerprint density at radius 2 is 1.73 bits per heavy atom. The zero-order chi connectivity index (χ0) is 24.0. The van der Waals surface area contributed by atoms with Gasteiger partial charge in [-0.25, -0.2) is 17.2 Å². The van der Waals surface area contributed by atoms with Gasteiger partial charge in [0.25, 0.3) is 5.91 Å². The fourth-order valence-corrected chi connectivity index (χ4v) is 3.73. The number of carbonyl (C=O) groups excluding carboxylic acids is 2. The Morgan fingerprint density at radius 3 is 2.48 bits per heavy atom. The molecule has 0 aliphatic carbocycles. The van der Waals surface area contributed by atoms with Crippen molar-refractivity contribution in [1.29, 1.82) is 0 Å². The van der Waals surface area contributed by atoms with Gasteiger partial charge in [-0.2, -0.15) is 4.40 Å². The van der Waals surface area contributed by atoms with Crippen molar-refractivity contribution in [3.8, 4) is 16.9 Å². The highest BCUT2D eigenvalue weighted by atomic mass is 32.2. The van der Waals surface area contributed by atoms with Gasteiger partial charge >= 0.3 is 0 Å². The van der Waals surface area contributed by atoms with Crippen LogP contribution in [-0.4, -0.2) is 39.3 Å². The van der Waals surface area contributed by atoms with Gasteiger partial charge < -0.3 is 4.74 Å². The third kappa shape index (κ3) is 7.07. The Morgan fingerprint density at radius 1 is 1.00 bits per heavy atom. The molecule has 1 aliphatic rings. The zero-order valence-electron chi connectivity index (χ0n) is 17.8. The monoisotopic (exact) mass is 479 g/mol. The van der Waals surface area contributed by atoms with Crippen LogP contribution in [0.15, 0.2) is 40.8 Å². The lowest BCUT2D eigenvalue weighted by atomic mass is 9.94. The molecular weight excluding hydrogens is 456 g/mol. The summed E-state index contributed by atoms with van der Waals surface area (Å²) in [5.41, 5.74) is 5.34. The van der Waals surface area contributed by atoms with Gasteiger partial charge in [-0.15, -0.1) is 0 Å². The van der Waals surface area contributed by atoms with E-state index in [-0.39, 0.29) is 35.6 Å². The van der Waals surface area contributed by atoms with Crippen molar-refractivity contribution in [2.75, 3.05) is 12.9 Å². The average molecular weight is 480 g/mol. The number of amides is 2. The first-order valence-electron chi connectivity index (χ1n) is 10.2. The van der Waals surface area contributed by atoms with Gasteiger partial charge in [-0.05, 0) is 48.9 Å². The van der Waals surface area contributed by atoms with Crippen LogP contribution in [0.4, 0.5) is 8.78 Å². The number of benzene rings is 2. The number of carbonyl (C=O) groups is 2. The maximum atomic E-state index is 14.7. The second-order valence-corrected chi connectivity index (χ2v) is 9.32. The van der Waals surface area contributed by atoms with Crippen LogP contribution < -0.4 is 15.6 Å². The molecule has 3 rings (SSSR count). The number of fused-ring (bicyclic) bond motifs is 4. The second-order valence-electron chi connectivity index (χ2n) is 7.64. The van der Waals surface area contributed by atoms with Crippen LogP contribution in [0, 0.1) is 17.6 Å². The molecule has 1 atom stereocenters. The van der Waals surface area contributed by atoms with Crippen molar-refractivity contribution in [2.45, 2.75) is 25.7 Å². The summed E-state index contributed by atoms with van der Waals surface area (Å²) < 4.78 is 60.8. The van der Waals surface area contributed by atoms with Crippen LogP contribution in [0.3, 0.4) is 0 Å². The van der Waals surface area contributed by atoms with E-state index in [0.717, 1.165) is 12.3 Å². The number of para-hydroxylation sites is 1. The summed E-state index contributed by atoms with van der Waals surface area (Å²) >= 11 is 0. The van der Waals surface area contributed by atoms with Gasteiger partial charge in [0.05, 0.1) is 6.26 Å². The number of nitrogens with zero attached hydrogens (tertiary/aromatic N) is 1. The van der Waals surface area contributed by atoms with Crippen LogP contribution in [-0.2, 0) is 26.0 Å². The standard InChI is InChI=1S/C22H23F2N3O5S/c1-33(30,31)25-12-15-6-5-14-7-9-18(23)17(11-14)16-3-2-4-19(24)22(16)32-13-21(29)27-26-20(28)10-8-15/h2-4,7,9,11-12,15H,5-6,8,10,13H2,1H3,(H,26,28)(H,27,29)/b25-12+. The van der Waals surface area contributed by atoms with Crippen LogP contribution in [0.2, 0.25) is 0 Å². The predicted molar refractivity (Wildman–Crippen MR) is 118 cm³/mol. The van der Waals surface area contributed by atoms with Crippen LogP contribution in [0.5, 0.6) is 5.75 Å². The van der Waals surface area contributed by atoms with Gasteiger partial charge in [0.1, 0.15) is 5.82 Å². The van der Waals surface area contributed by atoms with Gasteiger partial charge in [0.2, 0.25) is 15.9 Å². The van der Waals surface area contributed by atoms with Crippen LogP contribution in [0.25, 0.3) is 11.1 Å². The molecule has 0 saturated heterocycles. The summed E-state index contributed by atoms with van der Waals surface area (Å²) in [7, 11) is -3.60. The lowest BCUT2D eigenvalue weighted by Crippen LogP contribution is -2.44. The van der Waals surface area contributed by atoms with E-state index in [0.29, 0.717) is 18.4 Å². The minimum absolute atomic E-state index is 0.00624. The maximum Gasteiger partial charge on any atom is 0.276 e. The first-order chi connectivity index (χ1) is 15.6. The SMILES string of the molecule is CS(=O)(=O)/N=C/C1CCC(=O)NNC(=O)COc2c(F)cccc2-c2cc(ccc2F)CC1. The Labute approximate surface area is 190 Å². The van der Waals surface area contributed by atoms with Gasteiger partial charge in [-0.1, -0.05) is 18.2 Å². The summed E-state index contributed by atoms with van der Waals surface area (Å²) in [4.78, 5) is 24.1. The molecule has 1 unspecified atom stereocenters. The molecular formula is C22H23F2N3O5S. The summed E-state index contributed by atoms with van der Waals surface area (Å²) in [5.74, 6) is -3.26. The third-order valence-electron chi connectivity index (χ3n) is 4.99. The van der Waals surface area contributed by atoms with E-state index in [4.69, 9.17) is 4.74 Å². The van der Waals surface area contributed by atoms with Crippen molar-refractivity contribution in [3.05, 3.63) is 53.6 Å². The number of hydrazine groups is 1. The third-order valence-corrected chi connectivity index (χ3v) is 5.49. The molecule has 1 aliphatic heterocycles. The molecule has 0 aromatic heterocycles. The van der Waals surface area contributed by atoms with E-state index in [1.54, 1.807) is 12.1 Å². The molecule has 0 spiro atoms. The van der Waals surface area contributed by atoms with E-state index in [9.17, 15) is 26.8 Å². The van der Waals surface area contributed by atoms with Crippen molar-refractivity contribution in [2.24, 2.45) is 10.3 Å². The fourth-order valence-electron chi connectivity index (χ4n) is 3.34. The number of halogens is 2. The number of hydrogen-bond acceptors (Lipinski definition) is 5. The Kier molecular flexibility index (Phi) is 7.75. The number of sulfonamides is 1. The molecule has 33 heavy (non-hydrogen) atoms. The normalized spacial score (nSPS) is 18.2. The molecule has 0 fully saturated rings. The number of aryl methyl sites for hydroxylation is 1. The molecule has 2 aromatic carbocycles. The lowest BCUT2D eigenvalue weighted by molar-refractivity contribution is -0.130. The van der Waals surface area contributed by atoms with Crippen molar-refractivity contribution >= 4 is 28.1 Å². The fraction of sp³-hybridized carbons (Fsp3) is 0.318. The van der Waals surface area contributed by atoms with E-state index in [2.05, 4.69) is 15.2 Å². The second kappa shape index (κ2) is 10.5. The summed E-state index contributed by atoms with van der Waals surface area (Å²) in [6, 6.07) is 8.39. The smallest absolute Gasteiger partial charge is 0.276 e. The number of ether oxygens (including phenoxy) is 1. The van der Waals surface area contributed by atoms with Gasteiger partial charge in [0, 0.05) is 23.8 Å². The van der Waals surface area contributed by atoms with E-state index in [1.807, 2.05) is 0 Å². The highest BCUT2D eigenvalue weighted by Crippen LogP contribution is 2.35. The zero-order valence-corrected chi connectivity index (χ0v) is 18.6. The van der Waals surface area contributed by atoms with E-state index in [1.165, 1.54) is 24.4 Å². The molecule has 8 nitrogen and oxygen atoms in total. The number of hydrogen-bond donors (Lipinski definition) is 2. The molecule has 0 saturated carbocycles. The molecule has 2 aromatic rings. The van der Waals surface area contributed by atoms with Gasteiger partial charge in [0.15, 0.2) is 18.2 Å². The molecule has 1 heterocycles. The first kappa shape index (κ1) is 24.3. The lowest BCUT2D eigenvalue weighted by Gasteiger charge is -2.16. The summed E-state index contributed by atoms with van der Waals surface area (Å²) in [6.45, 7) is -0.612. The molecule has 11 heteroatoms. The van der Waals surface area contributed by atoms with E-state index >= 15 is 0 Å². The summed E-state index contributed by atoms with van der Waals surface area (Å²) in [6.07, 6.45) is 3.38. The highest BCUT2D eigenvalue weighted by Gasteiger charge is 2.18. The van der Waals surface area contributed by atoms with Crippen molar-refractivity contribution in [3.63, 3.8) is 0 Å². The molecule has 2 N–H and O–H groups in total. The molecule has 176 valence electrons. The minimum Gasteiger partial charge on any atom is -0.480 e. The highest BCUT2D eigenvalue weighted by molar-refractivity contribution is 7.89. The Bertz CT molecular complexity index is 1180. The minimum atomic E-state index is -3.60. The Balaban J connectivity index is 1.99. The molecule has 2 amide bonds. The largest absolute Gasteiger partial charge is 0.480 e. The number of rotatable bonds is 2. The van der Waals surface area contributed by atoms with Gasteiger partial charge in [-0.3, -0.25) is 20.4 Å². The van der Waals surface area contributed by atoms with Crippen LogP contribution >= 0.6 is 0 Å². The topological polar surface area (TPSA) is 114 Å². The predicted octanol–water partition coefficient (Wildman–Crippen LogP) is 2.53. The average Bonchev–Trinajstić information content (AvgIpc) is 2.75. The first-order valence-corrected chi connectivity index (χ1v) is 12.0. The summed E-state index contributed by atoms with van der Waals surface area (Å²) in [5, 5.41) is 0. The quantitative estimate of drug-likeness (QED) is 0.643. The van der Waals surface area contributed by atoms with Crippen LogP contribution in [0.1, 0.15) is 24.8 Å². The number of nitrogens with one attached hydrogen (secondary N) is 2. The molecule has 0 radical (unpaired) electrons. The Hall–Kier alpha value is -3.34.